The van der Waals surface area contributed by atoms with Crippen molar-refractivity contribution in [2.45, 2.75) is 63.1 Å². The summed E-state index contributed by atoms with van der Waals surface area (Å²) in [5, 5.41) is 18.5. The third-order valence-corrected chi connectivity index (χ3v) is 6.84. The van der Waals surface area contributed by atoms with Crippen LogP contribution in [-0.4, -0.2) is 46.3 Å². The molecule has 1 aromatic heterocycles. The van der Waals surface area contributed by atoms with Crippen molar-refractivity contribution in [2.24, 2.45) is 11.8 Å². The van der Waals surface area contributed by atoms with Gasteiger partial charge >= 0.3 is 0 Å². The van der Waals surface area contributed by atoms with E-state index in [1.54, 1.807) is 24.3 Å². The van der Waals surface area contributed by atoms with Crippen molar-refractivity contribution < 1.29 is 23.2 Å². The molecule has 0 radical (unpaired) electrons. The van der Waals surface area contributed by atoms with Crippen LogP contribution in [0.4, 0.5) is 8.78 Å². The Labute approximate surface area is 205 Å². The molecule has 0 bridgehead atoms. The molecule has 4 rings (SSSR count). The molecule has 2 aromatic rings. The van der Waals surface area contributed by atoms with Crippen molar-refractivity contribution >= 4 is 40.2 Å². The van der Waals surface area contributed by atoms with E-state index >= 15 is 0 Å². The molecule has 11 heteroatoms. The average molecular weight is 506 g/mol. The lowest BCUT2D eigenvalue weighted by molar-refractivity contribution is -0.125. The number of fused-ring (bicyclic) bond motifs is 1. The zero-order chi connectivity index (χ0) is 25.5. The highest BCUT2D eigenvalue weighted by Crippen LogP contribution is 2.51. The molecule has 8 nitrogen and oxygen atoms in total. The quantitative estimate of drug-likeness (QED) is 0.439. The molecule has 2 aliphatic rings. The number of benzene rings is 1. The van der Waals surface area contributed by atoms with Crippen molar-refractivity contribution in [3.63, 3.8) is 0 Å². The Kier molecular flexibility index (Phi) is 6.49. The van der Waals surface area contributed by atoms with E-state index < -0.39 is 47.2 Å². The Morgan fingerprint density at radius 1 is 1.26 bits per heavy atom. The van der Waals surface area contributed by atoms with Crippen molar-refractivity contribution in [3.05, 3.63) is 35.0 Å². The summed E-state index contributed by atoms with van der Waals surface area (Å²) in [6, 6.07) is 6.34. The van der Waals surface area contributed by atoms with Crippen molar-refractivity contribution in [1.29, 1.82) is 5.26 Å². The molecule has 1 saturated heterocycles. The number of nitrogens with zero attached hydrogens (tertiary/aromatic N) is 1. The molecule has 2 unspecified atom stereocenters. The van der Waals surface area contributed by atoms with Gasteiger partial charge in [0.2, 0.25) is 11.8 Å². The molecule has 1 aliphatic carbocycles. The lowest BCUT2D eigenvalue weighted by Gasteiger charge is -2.21. The molecule has 35 heavy (non-hydrogen) atoms. The van der Waals surface area contributed by atoms with Crippen molar-refractivity contribution in [3.8, 4) is 6.07 Å². The predicted molar refractivity (Wildman–Crippen MR) is 125 cm³/mol. The van der Waals surface area contributed by atoms with Gasteiger partial charge in [0.25, 0.3) is 11.8 Å². The van der Waals surface area contributed by atoms with E-state index in [1.165, 1.54) is 0 Å². The number of hydrogen-bond acceptors (Lipinski definition) is 4. The number of H-pyrrole nitrogens is 1. The second kappa shape index (κ2) is 9.11. The highest BCUT2D eigenvalue weighted by molar-refractivity contribution is 6.35. The fourth-order valence-corrected chi connectivity index (χ4v) is 4.83. The lowest BCUT2D eigenvalue weighted by atomic mass is 9.92. The van der Waals surface area contributed by atoms with Gasteiger partial charge in [0, 0.05) is 29.2 Å². The molecular weight excluding hydrogens is 480 g/mol. The fourth-order valence-electron chi connectivity index (χ4n) is 4.61. The molecule has 2 fully saturated rings. The van der Waals surface area contributed by atoms with Gasteiger partial charge in [0.15, 0.2) is 0 Å². The number of para-hydroxylation sites is 1. The number of carbonyl (C=O) groups excluding carboxylic acids is 3. The summed E-state index contributed by atoms with van der Waals surface area (Å²) >= 11 is 6.14. The van der Waals surface area contributed by atoms with Crippen LogP contribution in [-0.2, 0) is 9.59 Å². The number of aromatic nitrogens is 1. The molecular formula is C24H26ClF2N5O3. The monoisotopic (exact) mass is 505 g/mol. The molecule has 2 heterocycles. The van der Waals surface area contributed by atoms with Crippen LogP contribution in [0.5, 0.6) is 0 Å². The molecule has 3 amide bonds. The van der Waals surface area contributed by atoms with Gasteiger partial charge in [-0.15, -0.1) is 0 Å². The van der Waals surface area contributed by atoms with Gasteiger partial charge < -0.3 is 20.9 Å². The second-order valence-electron chi connectivity index (χ2n) is 10.0. The van der Waals surface area contributed by atoms with Crippen LogP contribution in [0.3, 0.4) is 0 Å². The highest BCUT2D eigenvalue weighted by atomic mass is 35.5. The molecule has 186 valence electrons. The highest BCUT2D eigenvalue weighted by Gasteiger charge is 2.57. The topological polar surface area (TPSA) is 127 Å². The van der Waals surface area contributed by atoms with Gasteiger partial charge in [0.1, 0.15) is 17.8 Å². The number of aromatic amines is 1. The Morgan fingerprint density at radius 2 is 1.97 bits per heavy atom. The van der Waals surface area contributed by atoms with E-state index in [1.807, 2.05) is 19.9 Å². The summed E-state index contributed by atoms with van der Waals surface area (Å²) in [4.78, 5) is 41.0. The molecule has 0 spiro atoms. The number of amides is 3. The third kappa shape index (κ3) is 5.56. The second-order valence-corrected chi connectivity index (χ2v) is 10.4. The number of hydrogen-bond donors (Lipinski definition) is 4. The van der Waals surface area contributed by atoms with E-state index in [4.69, 9.17) is 11.6 Å². The summed E-state index contributed by atoms with van der Waals surface area (Å²) in [6.45, 7) is 3.73. The zero-order valence-corrected chi connectivity index (χ0v) is 20.0. The van der Waals surface area contributed by atoms with Gasteiger partial charge in [-0.3, -0.25) is 14.4 Å². The summed E-state index contributed by atoms with van der Waals surface area (Å²) in [6.07, 6.45) is -0.0656. The van der Waals surface area contributed by atoms with Crippen molar-refractivity contribution in [1.82, 2.24) is 20.9 Å². The number of halogens is 3. The number of alkyl halides is 2. The Morgan fingerprint density at radius 3 is 2.54 bits per heavy atom. The van der Waals surface area contributed by atoms with E-state index in [-0.39, 0.29) is 30.9 Å². The molecule has 1 aliphatic heterocycles. The van der Waals surface area contributed by atoms with Gasteiger partial charge in [-0.25, -0.2) is 8.78 Å². The summed E-state index contributed by atoms with van der Waals surface area (Å²) in [5.74, 6) is -6.01. The summed E-state index contributed by atoms with van der Waals surface area (Å²) < 4.78 is 27.2. The van der Waals surface area contributed by atoms with Gasteiger partial charge in [0.05, 0.1) is 16.6 Å². The van der Waals surface area contributed by atoms with E-state index in [0.29, 0.717) is 22.3 Å². The van der Waals surface area contributed by atoms with Crippen LogP contribution in [0.25, 0.3) is 10.9 Å². The van der Waals surface area contributed by atoms with Crippen molar-refractivity contribution in [2.75, 3.05) is 0 Å². The predicted octanol–water partition coefficient (Wildman–Crippen LogP) is 3.28. The van der Waals surface area contributed by atoms with Gasteiger partial charge in [-0.2, -0.15) is 5.26 Å². The number of rotatable bonds is 8. The van der Waals surface area contributed by atoms with E-state index in [9.17, 15) is 28.4 Å². The summed E-state index contributed by atoms with van der Waals surface area (Å²) in [7, 11) is 0. The van der Waals surface area contributed by atoms with Crippen LogP contribution in [0.15, 0.2) is 24.3 Å². The number of nitrogens with one attached hydrogen (secondary N) is 4. The smallest absolute Gasteiger partial charge is 0.268 e. The third-order valence-electron chi connectivity index (χ3n) is 6.53. The van der Waals surface area contributed by atoms with E-state index in [0.717, 1.165) is 0 Å². The maximum Gasteiger partial charge on any atom is 0.268 e. The first kappa shape index (κ1) is 24.9. The van der Waals surface area contributed by atoms with Crippen LogP contribution < -0.4 is 16.0 Å². The lowest BCUT2D eigenvalue weighted by Crippen LogP contribution is -2.50. The standard InChI is InChI=1S/C24H26ClF2N5O3/c1-23(2)9-13(20(33)32-23)6-15(11-28)29-21(34)18(8-14-10-24(14,26)27)31-22(35)17-7-12-4-3-5-16(25)19(12)30-17/h3-5,7,13-15,18,30H,6,8-10H2,1-2H3,(H,29,34)(H,31,35)(H,32,33)/t13?,14?,15-,18-/m0/s1. The Balaban J connectivity index is 1.46. The molecule has 1 aromatic carbocycles. The minimum Gasteiger partial charge on any atom is -0.351 e. The molecule has 4 N–H and O–H groups in total. The maximum atomic E-state index is 13.6. The minimum absolute atomic E-state index is 0.0816. The largest absolute Gasteiger partial charge is 0.351 e. The normalized spacial score (nSPS) is 23.7. The molecule has 1 saturated carbocycles. The fraction of sp³-hybridized carbons (Fsp3) is 0.500. The maximum absolute atomic E-state index is 13.6. The van der Waals surface area contributed by atoms with Crippen LogP contribution in [0.2, 0.25) is 5.02 Å². The first-order chi connectivity index (χ1) is 16.4. The van der Waals surface area contributed by atoms with Crippen LogP contribution in [0.1, 0.15) is 50.0 Å². The average Bonchev–Trinajstić information content (AvgIpc) is 3.09. The minimum atomic E-state index is -2.89. The zero-order valence-electron chi connectivity index (χ0n) is 19.3. The first-order valence-electron chi connectivity index (χ1n) is 11.4. The summed E-state index contributed by atoms with van der Waals surface area (Å²) in [5.41, 5.74) is 0.244. The van der Waals surface area contributed by atoms with Crippen LogP contribution >= 0.6 is 11.6 Å². The first-order valence-corrected chi connectivity index (χ1v) is 11.7. The number of carbonyl (C=O) groups is 3. The molecule has 4 atom stereocenters. The van der Waals surface area contributed by atoms with Gasteiger partial charge in [-0.05, 0) is 45.2 Å². The van der Waals surface area contributed by atoms with E-state index in [2.05, 4.69) is 20.9 Å². The Bertz CT molecular complexity index is 1220. The van der Waals surface area contributed by atoms with Crippen LogP contribution in [0, 0.1) is 23.2 Å². The van der Waals surface area contributed by atoms with Gasteiger partial charge in [-0.1, -0.05) is 23.7 Å². The Hall–Kier alpha value is -3.19. The number of nitriles is 1. The SMILES string of the molecule is CC1(C)CC(C[C@@H](C#N)NC(=O)[C@H](CC2CC2(F)F)NC(=O)c2cc3cccc(Cl)c3[nH]2)C(=O)N1.